The van der Waals surface area contributed by atoms with Crippen LogP contribution in [0.2, 0.25) is 0 Å². The van der Waals surface area contributed by atoms with Crippen LogP contribution in [-0.4, -0.2) is 16.8 Å². The summed E-state index contributed by atoms with van der Waals surface area (Å²) in [4.78, 5) is 2.22. The number of phenolic OH excluding ortho intramolecular Hbond substituents is 2. The van der Waals surface area contributed by atoms with Crippen LogP contribution in [0.3, 0.4) is 0 Å². The first kappa shape index (κ1) is 15.9. The van der Waals surface area contributed by atoms with Gasteiger partial charge in [-0.1, -0.05) is 24.3 Å². The second-order valence-corrected chi connectivity index (χ2v) is 6.72. The summed E-state index contributed by atoms with van der Waals surface area (Å²) in [6.07, 6.45) is 4.79. The quantitative estimate of drug-likeness (QED) is 0.578. The van der Waals surface area contributed by atoms with Gasteiger partial charge in [0, 0.05) is 24.0 Å². The van der Waals surface area contributed by atoms with Crippen LogP contribution in [0.25, 0.3) is 0 Å². The molecule has 0 spiro atoms. The van der Waals surface area contributed by atoms with E-state index in [0.29, 0.717) is 10.4 Å². The molecule has 0 aromatic heterocycles. The lowest BCUT2D eigenvalue weighted by Crippen LogP contribution is -2.23. The molecule has 2 aromatic carbocycles. The molecule has 1 aliphatic heterocycles. The molecule has 120 valence electrons. The van der Waals surface area contributed by atoms with E-state index in [1.165, 1.54) is 0 Å². The second-order valence-electron chi connectivity index (χ2n) is 5.93. The SMILES string of the molecule is C=CCC1CCc2c(cc(O)c(O)c2Br)N(c2ccccc2)C1. The van der Waals surface area contributed by atoms with Crippen molar-refractivity contribution in [1.29, 1.82) is 0 Å². The van der Waals surface area contributed by atoms with Crippen LogP contribution in [-0.2, 0) is 6.42 Å². The van der Waals surface area contributed by atoms with Crippen molar-refractivity contribution in [3.05, 3.63) is 59.1 Å². The number of hydrogen-bond acceptors (Lipinski definition) is 3. The highest BCUT2D eigenvalue weighted by atomic mass is 79.9. The van der Waals surface area contributed by atoms with Gasteiger partial charge in [-0.2, -0.15) is 0 Å². The molecule has 0 aliphatic carbocycles. The minimum atomic E-state index is -0.0984. The molecule has 1 aliphatic rings. The van der Waals surface area contributed by atoms with Gasteiger partial charge in [0.1, 0.15) is 0 Å². The van der Waals surface area contributed by atoms with Crippen molar-refractivity contribution in [3.8, 4) is 11.5 Å². The zero-order valence-electron chi connectivity index (χ0n) is 12.9. The molecule has 0 saturated heterocycles. The molecule has 0 radical (unpaired) electrons. The normalized spacial score (nSPS) is 17.4. The summed E-state index contributed by atoms with van der Waals surface area (Å²) >= 11 is 3.45. The van der Waals surface area contributed by atoms with Crippen molar-refractivity contribution in [1.82, 2.24) is 0 Å². The molecule has 3 nitrogen and oxygen atoms in total. The first-order valence-electron chi connectivity index (χ1n) is 7.78. The molecule has 23 heavy (non-hydrogen) atoms. The van der Waals surface area contributed by atoms with Gasteiger partial charge < -0.3 is 15.1 Å². The zero-order valence-corrected chi connectivity index (χ0v) is 14.5. The highest BCUT2D eigenvalue weighted by Gasteiger charge is 2.26. The maximum absolute atomic E-state index is 10.1. The second kappa shape index (κ2) is 6.67. The summed E-state index contributed by atoms with van der Waals surface area (Å²) in [5.41, 5.74) is 3.07. The van der Waals surface area contributed by atoms with E-state index < -0.39 is 0 Å². The van der Waals surface area contributed by atoms with Crippen molar-refractivity contribution in [2.45, 2.75) is 19.3 Å². The van der Waals surface area contributed by atoms with Gasteiger partial charge in [-0.05, 0) is 58.8 Å². The number of allylic oxidation sites excluding steroid dienone is 1. The van der Waals surface area contributed by atoms with E-state index in [1.807, 2.05) is 24.3 Å². The first-order valence-corrected chi connectivity index (χ1v) is 8.58. The van der Waals surface area contributed by atoms with Crippen molar-refractivity contribution in [3.63, 3.8) is 0 Å². The van der Waals surface area contributed by atoms with Crippen LogP contribution in [0.15, 0.2) is 53.5 Å². The summed E-state index contributed by atoms with van der Waals surface area (Å²) in [6.45, 7) is 4.73. The Balaban J connectivity index is 2.13. The molecule has 0 fully saturated rings. The lowest BCUT2D eigenvalue weighted by molar-refractivity contribution is 0.401. The summed E-state index contributed by atoms with van der Waals surface area (Å²) in [5.74, 6) is 0.300. The van der Waals surface area contributed by atoms with Crippen LogP contribution < -0.4 is 4.90 Å². The van der Waals surface area contributed by atoms with Crippen molar-refractivity contribution >= 4 is 27.3 Å². The number of phenols is 2. The van der Waals surface area contributed by atoms with Crippen LogP contribution in [0.1, 0.15) is 18.4 Å². The molecule has 2 aromatic rings. The number of para-hydroxylation sites is 1. The Hall–Kier alpha value is -1.94. The van der Waals surface area contributed by atoms with E-state index in [1.54, 1.807) is 6.07 Å². The molecule has 1 heterocycles. The fraction of sp³-hybridized carbons (Fsp3) is 0.263. The van der Waals surface area contributed by atoms with Gasteiger partial charge >= 0.3 is 0 Å². The lowest BCUT2D eigenvalue weighted by atomic mass is 9.98. The summed E-state index contributed by atoms with van der Waals surface area (Å²) in [5, 5.41) is 20.1. The van der Waals surface area contributed by atoms with E-state index in [2.05, 4.69) is 39.5 Å². The van der Waals surface area contributed by atoms with Gasteiger partial charge in [0.05, 0.1) is 4.47 Å². The number of nitrogens with zero attached hydrogens (tertiary/aromatic N) is 1. The maximum atomic E-state index is 10.1. The first-order chi connectivity index (χ1) is 11.1. The van der Waals surface area contributed by atoms with Crippen LogP contribution in [0.5, 0.6) is 11.5 Å². The molecule has 4 heteroatoms. The average Bonchev–Trinajstić information content (AvgIpc) is 2.74. The Morgan fingerprint density at radius 1 is 1.26 bits per heavy atom. The number of halogens is 1. The predicted octanol–water partition coefficient (Wildman–Crippen LogP) is 5.14. The van der Waals surface area contributed by atoms with E-state index >= 15 is 0 Å². The zero-order chi connectivity index (χ0) is 16.4. The number of hydrogen-bond donors (Lipinski definition) is 2. The fourth-order valence-corrected chi connectivity index (χ4v) is 3.81. The monoisotopic (exact) mass is 373 g/mol. The third-order valence-corrected chi connectivity index (χ3v) is 5.25. The van der Waals surface area contributed by atoms with Gasteiger partial charge in [-0.3, -0.25) is 0 Å². The Morgan fingerprint density at radius 3 is 2.70 bits per heavy atom. The lowest BCUT2D eigenvalue weighted by Gasteiger charge is -2.28. The third-order valence-electron chi connectivity index (χ3n) is 4.40. The van der Waals surface area contributed by atoms with Crippen molar-refractivity contribution < 1.29 is 10.2 Å². The number of fused-ring (bicyclic) bond motifs is 1. The largest absolute Gasteiger partial charge is 0.504 e. The summed E-state index contributed by atoms with van der Waals surface area (Å²) < 4.78 is 0.590. The van der Waals surface area contributed by atoms with Gasteiger partial charge in [0.15, 0.2) is 11.5 Å². The van der Waals surface area contributed by atoms with E-state index in [9.17, 15) is 10.2 Å². The minimum absolute atomic E-state index is 0.0843. The molecule has 0 saturated carbocycles. The molecule has 0 bridgehead atoms. The topological polar surface area (TPSA) is 43.7 Å². The Bertz CT molecular complexity index is 715. The predicted molar refractivity (Wildman–Crippen MR) is 97.5 cm³/mol. The summed E-state index contributed by atoms with van der Waals surface area (Å²) in [7, 11) is 0. The van der Waals surface area contributed by atoms with Gasteiger partial charge in [-0.25, -0.2) is 0 Å². The van der Waals surface area contributed by atoms with Gasteiger partial charge in [0.25, 0.3) is 0 Å². The standard InChI is InChI=1S/C19H20BrNO2/c1-2-6-13-9-10-15-16(11-17(22)19(23)18(15)20)21(12-13)14-7-4-3-5-8-14/h2-5,7-8,11,13,22-23H,1,6,9-10,12H2. The average molecular weight is 374 g/mol. The number of rotatable bonds is 3. The van der Waals surface area contributed by atoms with Gasteiger partial charge in [-0.15, -0.1) is 6.58 Å². The Labute approximate surface area is 145 Å². The highest BCUT2D eigenvalue weighted by molar-refractivity contribution is 9.10. The molecule has 3 rings (SSSR count). The minimum Gasteiger partial charge on any atom is -0.504 e. The maximum Gasteiger partial charge on any atom is 0.172 e. The Kier molecular flexibility index (Phi) is 4.62. The number of aromatic hydroxyl groups is 2. The summed E-state index contributed by atoms with van der Waals surface area (Å²) in [6, 6.07) is 11.8. The molecular formula is C19H20BrNO2. The third kappa shape index (κ3) is 3.08. The smallest absolute Gasteiger partial charge is 0.172 e. The fourth-order valence-electron chi connectivity index (χ4n) is 3.21. The van der Waals surface area contributed by atoms with E-state index in [4.69, 9.17) is 0 Å². The Morgan fingerprint density at radius 2 is 2.00 bits per heavy atom. The van der Waals surface area contributed by atoms with Crippen LogP contribution >= 0.6 is 15.9 Å². The van der Waals surface area contributed by atoms with Gasteiger partial charge in [0.2, 0.25) is 0 Å². The van der Waals surface area contributed by atoms with E-state index in [0.717, 1.165) is 42.7 Å². The number of anilines is 2. The van der Waals surface area contributed by atoms with Crippen molar-refractivity contribution in [2.75, 3.05) is 11.4 Å². The van der Waals surface area contributed by atoms with Crippen LogP contribution in [0.4, 0.5) is 11.4 Å². The van der Waals surface area contributed by atoms with Crippen molar-refractivity contribution in [2.24, 2.45) is 5.92 Å². The molecule has 2 N–H and O–H groups in total. The molecule has 1 atom stereocenters. The van der Waals surface area contributed by atoms with E-state index in [-0.39, 0.29) is 11.5 Å². The molecule has 0 amide bonds. The van der Waals surface area contributed by atoms with Crippen LogP contribution in [0, 0.1) is 5.92 Å². The molecular weight excluding hydrogens is 354 g/mol. The number of benzene rings is 2. The highest BCUT2D eigenvalue weighted by Crippen LogP contribution is 2.46. The molecule has 1 unspecified atom stereocenters.